The molecule has 7 nitrogen and oxygen atoms in total. The van der Waals surface area contributed by atoms with Gasteiger partial charge in [0.15, 0.2) is 6.10 Å². The Morgan fingerprint density at radius 2 is 1.81 bits per heavy atom. The van der Waals surface area contributed by atoms with E-state index in [1.54, 1.807) is 47.1 Å². The average molecular weight is 364 g/mol. The van der Waals surface area contributed by atoms with Crippen molar-refractivity contribution in [3.05, 3.63) is 72.8 Å². The first-order valence-electron chi connectivity index (χ1n) is 8.62. The quantitative estimate of drug-likeness (QED) is 0.629. The predicted molar refractivity (Wildman–Crippen MR) is 101 cm³/mol. The number of likely N-dealkylation sites (N-methyl/N-ethyl adjacent to an activating group) is 1. The lowest BCUT2D eigenvalue weighted by Gasteiger charge is -2.24. The van der Waals surface area contributed by atoms with Gasteiger partial charge in [-0.2, -0.15) is 5.10 Å². The molecule has 0 N–H and O–H groups in total. The third-order valence-electron chi connectivity index (χ3n) is 4.07. The van der Waals surface area contributed by atoms with E-state index in [2.05, 4.69) is 10.1 Å². The van der Waals surface area contributed by atoms with E-state index in [9.17, 15) is 9.59 Å². The zero-order valence-corrected chi connectivity index (χ0v) is 15.1. The second-order valence-electron chi connectivity index (χ2n) is 5.85. The highest BCUT2D eigenvalue weighted by Gasteiger charge is 2.24. The fraction of sp³-hybridized carbons (Fsp3) is 0.200. The molecule has 0 fully saturated rings. The van der Waals surface area contributed by atoms with Crippen molar-refractivity contribution in [2.24, 2.45) is 0 Å². The summed E-state index contributed by atoms with van der Waals surface area (Å²) in [5.74, 6) is -0.818. The number of hydrogen-bond acceptors (Lipinski definition) is 5. The molecule has 0 bridgehead atoms. The molecule has 0 spiro atoms. The Morgan fingerprint density at radius 1 is 1.11 bits per heavy atom. The second-order valence-corrected chi connectivity index (χ2v) is 5.85. The van der Waals surface area contributed by atoms with Crippen LogP contribution in [0.3, 0.4) is 0 Å². The van der Waals surface area contributed by atoms with Crippen molar-refractivity contribution in [3.8, 4) is 5.69 Å². The Hall–Kier alpha value is -3.48. The minimum absolute atomic E-state index is 0.267. The topological polar surface area (TPSA) is 77.3 Å². The number of rotatable bonds is 6. The molecule has 1 amide bonds. The van der Waals surface area contributed by atoms with Gasteiger partial charge in [-0.25, -0.2) is 14.5 Å². The van der Waals surface area contributed by atoms with Crippen LogP contribution in [0, 0.1) is 0 Å². The molecule has 138 valence electrons. The molecule has 0 aliphatic rings. The van der Waals surface area contributed by atoms with Crippen molar-refractivity contribution in [1.29, 1.82) is 0 Å². The molecule has 1 atom stereocenters. The summed E-state index contributed by atoms with van der Waals surface area (Å²) in [6.45, 7) is 3.94. The van der Waals surface area contributed by atoms with Crippen LogP contribution in [-0.4, -0.2) is 39.3 Å². The number of nitrogens with zero attached hydrogens (tertiary/aromatic N) is 4. The van der Waals surface area contributed by atoms with Gasteiger partial charge in [0.2, 0.25) is 0 Å². The Balaban J connectivity index is 1.67. The number of esters is 1. The maximum atomic E-state index is 12.7. The molecule has 0 saturated carbocycles. The lowest BCUT2D eigenvalue weighted by Crippen LogP contribution is -2.40. The van der Waals surface area contributed by atoms with E-state index >= 15 is 0 Å². The van der Waals surface area contributed by atoms with Crippen LogP contribution < -0.4 is 4.90 Å². The molecule has 7 heteroatoms. The van der Waals surface area contributed by atoms with Crippen LogP contribution in [0.15, 0.2) is 67.3 Å². The number of benzene rings is 2. The third kappa shape index (κ3) is 4.20. The third-order valence-corrected chi connectivity index (χ3v) is 4.07. The van der Waals surface area contributed by atoms with Crippen LogP contribution in [0.5, 0.6) is 0 Å². The summed E-state index contributed by atoms with van der Waals surface area (Å²) in [6.07, 6.45) is 2.10. The maximum absolute atomic E-state index is 12.7. The molecule has 0 aliphatic carbocycles. The maximum Gasteiger partial charge on any atom is 0.338 e. The van der Waals surface area contributed by atoms with Gasteiger partial charge < -0.3 is 9.64 Å². The second kappa shape index (κ2) is 8.27. The molecule has 27 heavy (non-hydrogen) atoms. The number of carbonyl (C=O) groups is 2. The minimum atomic E-state index is -0.896. The Morgan fingerprint density at radius 3 is 2.41 bits per heavy atom. The molecule has 2 aromatic carbocycles. The number of para-hydroxylation sites is 1. The first kappa shape index (κ1) is 18.3. The summed E-state index contributed by atoms with van der Waals surface area (Å²) in [6, 6.07) is 16.0. The van der Waals surface area contributed by atoms with E-state index in [1.807, 2.05) is 37.3 Å². The van der Waals surface area contributed by atoms with E-state index in [0.29, 0.717) is 12.1 Å². The van der Waals surface area contributed by atoms with Crippen molar-refractivity contribution >= 4 is 17.6 Å². The number of hydrogen-bond donors (Lipinski definition) is 0. The highest BCUT2D eigenvalue weighted by Crippen LogP contribution is 2.16. The number of ether oxygens (including phenoxy) is 1. The van der Waals surface area contributed by atoms with E-state index in [-0.39, 0.29) is 5.91 Å². The molecule has 3 aromatic rings. The SMILES string of the molecule is CCN(C(=O)[C@H](C)OC(=O)c1ccc(-n2cncn2)cc1)c1ccccc1. The van der Waals surface area contributed by atoms with Crippen LogP contribution >= 0.6 is 0 Å². The summed E-state index contributed by atoms with van der Waals surface area (Å²) in [4.78, 5) is 30.5. The van der Waals surface area contributed by atoms with Crippen LogP contribution in [-0.2, 0) is 9.53 Å². The normalized spacial score (nSPS) is 11.6. The van der Waals surface area contributed by atoms with E-state index in [0.717, 1.165) is 11.4 Å². The van der Waals surface area contributed by atoms with Crippen molar-refractivity contribution in [1.82, 2.24) is 14.8 Å². The van der Waals surface area contributed by atoms with Gasteiger partial charge in [-0.15, -0.1) is 0 Å². The van der Waals surface area contributed by atoms with Crippen LogP contribution in [0.4, 0.5) is 5.69 Å². The smallest absolute Gasteiger partial charge is 0.338 e. The fourth-order valence-corrected chi connectivity index (χ4v) is 2.66. The Bertz CT molecular complexity index is 893. The average Bonchev–Trinajstić information content (AvgIpc) is 3.24. The molecule has 3 rings (SSSR count). The Kier molecular flexibility index (Phi) is 5.61. The molecule has 0 saturated heterocycles. The first-order valence-corrected chi connectivity index (χ1v) is 8.62. The molecule has 0 aliphatic heterocycles. The standard InChI is InChI=1S/C20H20N4O3/c1-3-23(17-7-5-4-6-8-17)19(25)15(2)27-20(26)16-9-11-18(12-10-16)24-14-21-13-22-24/h4-15H,3H2,1-2H3/t15-/m0/s1. The van der Waals surface area contributed by atoms with Gasteiger partial charge in [-0.3, -0.25) is 4.79 Å². The van der Waals surface area contributed by atoms with Gasteiger partial charge >= 0.3 is 5.97 Å². The number of carbonyl (C=O) groups excluding carboxylic acids is 2. The largest absolute Gasteiger partial charge is 0.449 e. The summed E-state index contributed by atoms with van der Waals surface area (Å²) in [7, 11) is 0. The lowest BCUT2D eigenvalue weighted by molar-refractivity contribution is -0.126. The van der Waals surface area contributed by atoms with Gasteiger partial charge in [-0.05, 0) is 50.2 Å². The molecular formula is C20H20N4O3. The van der Waals surface area contributed by atoms with E-state index in [4.69, 9.17) is 4.74 Å². The minimum Gasteiger partial charge on any atom is -0.449 e. The van der Waals surface area contributed by atoms with Crippen molar-refractivity contribution in [3.63, 3.8) is 0 Å². The summed E-state index contributed by atoms with van der Waals surface area (Å²) >= 11 is 0. The number of aromatic nitrogens is 3. The summed E-state index contributed by atoms with van der Waals surface area (Å²) < 4.78 is 6.95. The molecule has 0 radical (unpaired) electrons. The predicted octanol–water partition coefficient (Wildman–Crippen LogP) is 2.87. The van der Waals surface area contributed by atoms with Gasteiger partial charge in [0, 0.05) is 12.2 Å². The zero-order valence-electron chi connectivity index (χ0n) is 15.1. The molecule has 1 heterocycles. The number of amides is 1. The first-order chi connectivity index (χ1) is 13.1. The molecule has 1 aromatic heterocycles. The zero-order chi connectivity index (χ0) is 19.2. The van der Waals surface area contributed by atoms with Crippen LogP contribution in [0.25, 0.3) is 5.69 Å². The van der Waals surface area contributed by atoms with Gasteiger partial charge in [0.05, 0.1) is 11.3 Å². The van der Waals surface area contributed by atoms with E-state index in [1.165, 1.54) is 6.33 Å². The monoisotopic (exact) mass is 364 g/mol. The van der Waals surface area contributed by atoms with Crippen molar-refractivity contribution in [2.45, 2.75) is 20.0 Å². The lowest BCUT2D eigenvalue weighted by atomic mass is 10.2. The van der Waals surface area contributed by atoms with Gasteiger partial charge in [0.1, 0.15) is 12.7 Å². The van der Waals surface area contributed by atoms with Crippen LogP contribution in [0.2, 0.25) is 0 Å². The van der Waals surface area contributed by atoms with Gasteiger partial charge in [-0.1, -0.05) is 18.2 Å². The van der Waals surface area contributed by atoms with Crippen LogP contribution in [0.1, 0.15) is 24.2 Å². The van der Waals surface area contributed by atoms with Gasteiger partial charge in [0.25, 0.3) is 5.91 Å². The highest BCUT2D eigenvalue weighted by atomic mass is 16.5. The van der Waals surface area contributed by atoms with Crippen molar-refractivity contribution in [2.75, 3.05) is 11.4 Å². The number of anilines is 1. The highest BCUT2D eigenvalue weighted by molar-refractivity contribution is 5.99. The molecular weight excluding hydrogens is 344 g/mol. The van der Waals surface area contributed by atoms with E-state index < -0.39 is 12.1 Å². The molecule has 0 unspecified atom stereocenters. The summed E-state index contributed by atoms with van der Waals surface area (Å²) in [5.41, 5.74) is 1.90. The summed E-state index contributed by atoms with van der Waals surface area (Å²) in [5, 5.41) is 4.03. The Labute approximate surface area is 157 Å². The van der Waals surface area contributed by atoms with Crippen molar-refractivity contribution < 1.29 is 14.3 Å². The fourth-order valence-electron chi connectivity index (χ4n) is 2.66.